The van der Waals surface area contributed by atoms with E-state index in [0.717, 1.165) is 37.1 Å². The molecule has 1 N–H and O–H groups in total. The highest BCUT2D eigenvalue weighted by molar-refractivity contribution is 9.10. The van der Waals surface area contributed by atoms with E-state index >= 15 is 0 Å². The first kappa shape index (κ1) is 16.0. The normalized spacial score (nSPS) is 15.1. The van der Waals surface area contributed by atoms with Crippen molar-refractivity contribution in [2.75, 3.05) is 26.2 Å². The molecule has 1 amide bonds. The van der Waals surface area contributed by atoms with Crippen LogP contribution in [-0.2, 0) is 0 Å². The monoisotopic (exact) mass is 375 g/mol. The Kier molecular flexibility index (Phi) is 5.25. The molecule has 5 nitrogen and oxygen atoms in total. The molecule has 0 aliphatic carbocycles. The average Bonchev–Trinajstić information content (AvgIpc) is 2.86. The number of hydrogen-bond acceptors (Lipinski definition) is 4. The van der Waals surface area contributed by atoms with Gasteiger partial charge >= 0.3 is 0 Å². The van der Waals surface area contributed by atoms with Gasteiger partial charge in [0, 0.05) is 36.4 Å². The van der Waals surface area contributed by atoms with E-state index in [0.29, 0.717) is 17.2 Å². The fraction of sp³-hybridized carbons (Fsp3) is 0.294. The number of hydrogen-bond donors (Lipinski definition) is 1. The van der Waals surface area contributed by atoms with E-state index in [1.807, 2.05) is 29.2 Å². The van der Waals surface area contributed by atoms with Gasteiger partial charge in [0.15, 0.2) is 0 Å². The summed E-state index contributed by atoms with van der Waals surface area (Å²) in [5.74, 6) is 1.20. The van der Waals surface area contributed by atoms with Crippen LogP contribution in [-0.4, -0.2) is 42.0 Å². The van der Waals surface area contributed by atoms with Gasteiger partial charge in [0.2, 0.25) is 5.88 Å². The smallest absolute Gasteiger partial charge is 0.255 e. The number of aromatic nitrogens is 1. The Bertz CT molecular complexity index is 651. The fourth-order valence-electron chi connectivity index (χ4n) is 2.42. The number of rotatable bonds is 3. The minimum absolute atomic E-state index is 0.0244. The van der Waals surface area contributed by atoms with Gasteiger partial charge in [-0.1, -0.05) is 15.9 Å². The number of pyridine rings is 1. The number of carbonyl (C=O) groups is 1. The summed E-state index contributed by atoms with van der Waals surface area (Å²) in [6.45, 7) is 3.31. The molecule has 1 fully saturated rings. The number of halogens is 1. The molecule has 0 spiro atoms. The second-order valence-electron chi connectivity index (χ2n) is 5.34. The Morgan fingerprint density at radius 1 is 1.13 bits per heavy atom. The molecule has 2 heterocycles. The molecule has 1 aliphatic rings. The zero-order valence-electron chi connectivity index (χ0n) is 12.7. The Morgan fingerprint density at radius 2 is 1.96 bits per heavy atom. The summed E-state index contributed by atoms with van der Waals surface area (Å²) < 4.78 is 6.66. The minimum atomic E-state index is 0.0244. The Hall–Kier alpha value is -1.92. The molecule has 0 saturated carbocycles. The zero-order chi connectivity index (χ0) is 16.1. The lowest BCUT2D eigenvalue weighted by molar-refractivity contribution is 0.0766. The van der Waals surface area contributed by atoms with E-state index in [9.17, 15) is 4.79 Å². The van der Waals surface area contributed by atoms with Crippen LogP contribution in [0.4, 0.5) is 0 Å². The van der Waals surface area contributed by atoms with Gasteiger partial charge in [-0.25, -0.2) is 4.98 Å². The van der Waals surface area contributed by atoms with Crippen LogP contribution < -0.4 is 10.1 Å². The van der Waals surface area contributed by atoms with Crippen molar-refractivity contribution in [3.05, 3.63) is 52.6 Å². The maximum absolute atomic E-state index is 12.5. The molecular weight excluding hydrogens is 358 g/mol. The van der Waals surface area contributed by atoms with Crippen LogP contribution in [0.3, 0.4) is 0 Å². The molecular formula is C17H18BrN3O2. The molecule has 0 radical (unpaired) electrons. The van der Waals surface area contributed by atoms with E-state index in [2.05, 4.69) is 26.2 Å². The van der Waals surface area contributed by atoms with Crippen molar-refractivity contribution in [2.45, 2.75) is 6.42 Å². The lowest BCUT2D eigenvalue weighted by atomic mass is 10.2. The molecule has 23 heavy (non-hydrogen) atoms. The lowest BCUT2D eigenvalue weighted by Crippen LogP contribution is -2.34. The van der Waals surface area contributed by atoms with Crippen LogP contribution in [0.15, 0.2) is 47.1 Å². The molecule has 120 valence electrons. The number of amides is 1. The first-order valence-corrected chi connectivity index (χ1v) is 8.41. The molecule has 1 aromatic carbocycles. The quantitative estimate of drug-likeness (QED) is 0.895. The summed E-state index contributed by atoms with van der Waals surface area (Å²) in [4.78, 5) is 18.6. The maximum atomic E-state index is 12.5. The topological polar surface area (TPSA) is 54.5 Å². The summed E-state index contributed by atoms with van der Waals surface area (Å²) in [7, 11) is 0. The van der Waals surface area contributed by atoms with Gasteiger partial charge in [0.05, 0.1) is 5.56 Å². The predicted molar refractivity (Wildman–Crippen MR) is 91.8 cm³/mol. The number of ether oxygens (including phenoxy) is 1. The van der Waals surface area contributed by atoms with E-state index in [1.54, 1.807) is 18.3 Å². The molecule has 6 heteroatoms. The van der Waals surface area contributed by atoms with E-state index in [-0.39, 0.29) is 5.91 Å². The summed E-state index contributed by atoms with van der Waals surface area (Å²) in [6.07, 6.45) is 2.55. The highest BCUT2D eigenvalue weighted by Gasteiger charge is 2.17. The zero-order valence-corrected chi connectivity index (χ0v) is 14.3. The van der Waals surface area contributed by atoms with E-state index in [1.165, 1.54) is 0 Å². The van der Waals surface area contributed by atoms with Gasteiger partial charge in [0.25, 0.3) is 5.91 Å². The molecule has 1 aliphatic heterocycles. The van der Waals surface area contributed by atoms with Crippen LogP contribution in [0, 0.1) is 0 Å². The molecule has 1 aromatic heterocycles. The van der Waals surface area contributed by atoms with Crippen molar-refractivity contribution in [3.63, 3.8) is 0 Å². The Balaban J connectivity index is 1.66. The number of nitrogens with one attached hydrogen (secondary N) is 1. The Labute approximate surface area is 143 Å². The first-order chi connectivity index (χ1) is 11.2. The van der Waals surface area contributed by atoms with Crippen molar-refractivity contribution < 1.29 is 9.53 Å². The van der Waals surface area contributed by atoms with Crippen LogP contribution in [0.25, 0.3) is 0 Å². The molecule has 1 saturated heterocycles. The van der Waals surface area contributed by atoms with Gasteiger partial charge in [0.1, 0.15) is 5.75 Å². The van der Waals surface area contributed by atoms with Gasteiger partial charge in [-0.3, -0.25) is 4.79 Å². The minimum Gasteiger partial charge on any atom is -0.439 e. The first-order valence-electron chi connectivity index (χ1n) is 7.62. The van der Waals surface area contributed by atoms with Crippen LogP contribution >= 0.6 is 15.9 Å². The van der Waals surface area contributed by atoms with Crippen LogP contribution in [0.2, 0.25) is 0 Å². The predicted octanol–water partition coefficient (Wildman–Crippen LogP) is 3.07. The van der Waals surface area contributed by atoms with E-state index < -0.39 is 0 Å². The van der Waals surface area contributed by atoms with Crippen LogP contribution in [0.5, 0.6) is 11.6 Å². The third-order valence-corrected chi connectivity index (χ3v) is 4.18. The number of benzene rings is 1. The SMILES string of the molecule is O=C(c1ccc(Oc2ccc(Br)cc2)nc1)N1CCCNCC1. The summed E-state index contributed by atoms with van der Waals surface area (Å²) in [6, 6.07) is 11.0. The van der Waals surface area contributed by atoms with Gasteiger partial charge in [-0.2, -0.15) is 0 Å². The van der Waals surface area contributed by atoms with E-state index in [4.69, 9.17) is 4.74 Å². The van der Waals surface area contributed by atoms with Gasteiger partial charge in [-0.15, -0.1) is 0 Å². The maximum Gasteiger partial charge on any atom is 0.255 e. The van der Waals surface area contributed by atoms with Crippen molar-refractivity contribution in [1.29, 1.82) is 0 Å². The van der Waals surface area contributed by atoms with Crippen LogP contribution in [0.1, 0.15) is 16.8 Å². The Morgan fingerprint density at radius 3 is 2.70 bits per heavy atom. The van der Waals surface area contributed by atoms with Crippen molar-refractivity contribution in [2.24, 2.45) is 0 Å². The van der Waals surface area contributed by atoms with Gasteiger partial charge in [-0.05, 0) is 43.3 Å². The molecule has 0 bridgehead atoms. The third-order valence-electron chi connectivity index (χ3n) is 3.65. The second-order valence-corrected chi connectivity index (χ2v) is 6.25. The van der Waals surface area contributed by atoms with Crippen molar-refractivity contribution >= 4 is 21.8 Å². The summed E-state index contributed by atoms with van der Waals surface area (Å²) in [5.41, 5.74) is 0.593. The van der Waals surface area contributed by atoms with Crippen molar-refractivity contribution in [3.8, 4) is 11.6 Å². The lowest BCUT2D eigenvalue weighted by Gasteiger charge is -2.19. The highest BCUT2D eigenvalue weighted by Crippen LogP contribution is 2.22. The second kappa shape index (κ2) is 7.57. The number of nitrogens with zero attached hydrogens (tertiary/aromatic N) is 2. The molecule has 0 unspecified atom stereocenters. The molecule has 0 atom stereocenters. The largest absolute Gasteiger partial charge is 0.439 e. The fourth-order valence-corrected chi connectivity index (χ4v) is 2.69. The third kappa shape index (κ3) is 4.30. The van der Waals surface area contributed by atoms with Gasteiger partial charge < -0.3 is 15.0 Å². The standard InChI is InChI=1S/C17H18BrN3O2/c18-14-3-5-15(6-4-14)23-16-7-2-13(12-20-16)17(22)21-10-1-8-19-9-11-21/h2-7,12,19H,1,8-11H2. The number of carbonyl (C=O) groups excluding carboxylic acids is 1. The molecule has 2 aromatic rings. The average molecular weight is 376 g/mol. The molecule has 3 rings (SSSR count). The summed E-state index contributed by atoms with van der Waals surface area (Å²) in [5, 5.41) is 3.29. The summed E-state index contributed by atoms with van der Waals surface area (Å²) >= 11 is 3.38. The van der Waals surface area contributed by atoms with Crippen molar-refractivity contribution in [1.82, 2.24) is 15.2 Å². The highest BCUT2D eigenvalue weighted by atomic mass is 79.9.